The molecule has 2 rings (SSSR count). The fourth-order valence-electron chi connectivity index (χ4n) is 1.49. The van der Waals surface area contributed by atoms with Crippen LogP contribution >= 0.6 is 23.2 Å². The van der Waals surface area contributed by atoms with Crippen LogP contribution in [0.25, 0.3) is 0 Å². The molecule has 0 unspecified atom stereocenters. The highest BCUT2D eigenvalue weighted by Gasteiger charge is 2.17. The van der Waals surface area contributed by atoms with Crippen LogP contribution in [0, 0.1) is 21.4 Å². The zero-order valence-electron chi connectivity index (χ0n) is 9.84. The highest BCUT2D eigenvalue weighted by atomic mass is 35.5. The van der Waals surface area contributed by atoms with Crippen LogP contribution in [-0.4, -0.2) is 4.92 Å². The molecule has 0 saturated heterocycles. The summed E-state index contributed by atoms with van der Waals surface area (Å²) in [4.78, 5) is 10.4. The number of hydrogen-bond donors (Lipinski definition) is 0. The summed E-state index contributed by atoms with van der Waals surface area (Å²) in [5.41, 5.74) is -0.138. The average Bonchev–Trinajstić information content (AvgIpc) is 2.42. The van der Waals surface area contributed by atoms with Gasteiger partial charge in [0.05, 0.1) is 21.6 Å². The Morgan fingerprint density at radius 3 is 2.45 bits per heavy atom. The topological polar surface area (TPSA) is 76.2 Å². The van der Waals surface area contributed by atoms with Crippen molar-refractivity contribution in [2.45, 2.75) is 0 Å². The first-order chi connectivity index (χ1) is 9.51. The molecular formula is C13H6Cl2N2O3. The van der Waals surface area contributed by atoms with Gasteiger partial charge in [0.2, 0.25) is 5.75 Å². The highest BCUT2D eigenvalue weighted by Crippen LogP contribution is 2.36. The number of nitrogens with zero attached hydrogens (tertiary/aromatic N) is 2. The first kappa shape index (κ1) is 14.1. The van der Waals surface area contributed by atoms with E-state index in [1.807, 2.05) is 6.07 Å². The lowest BCUT2D eigenvalue weighted by atomic mass is 10.2. The number of nitriles is 1. The SMILES string of the molecule is N#Cc1ccc(Oc2ccc(Cl)cc2Cl)c([N+](=O)[O-])c1. The number of nitro groups is 1. The number of ether oxygens (including phenoxy) is 1. The number of benzene rings is 2. The van der Waals surface area contributed by atoms with Crippen LogP contribution in [0.15, 0.2) is 36.4 Å². The van der Waals surface area contributed by atoms with Crippen molar-refractivity contribution in [1.82, 2.24) is 0 Å². The van der Waals surface area contributed by atoms with E-state index in [0.717, 1.165) is 6.07 Å². The van der Waals surface area contributed by atoms with Crippen LogP contribution in [0.1, 0.15) is 5.56 Å². The molecule has 0 spiro atoms. The quantitative estimate of drug-likeness (QED) is 0.615. The predicted molar refractivity (Wildman–Crippen MR) is 74.3 cm³/mol. The predicted octanol–water partition coefficient (Wildman–Crippen LogP) is 4.57. The number of nitro benzene ring substituents is 1. The first-order valence-electron chi connectivity index (χ1n) is 5.32. The molecule has 0 aliphatic heterocycles. The van der Waals surface area contributed by atoms with Crippen molar-refractivity contribution in [1.29, 1.82) is 5.26 Å². The maximum Gasteiger partial charge on any atom is 0.312 e. The lowest BCUT2D eigenvalue weighted by Gasteiger charge is -2.08. The Hall–Kier alpha value is -2.29. The van der Waals surface area contributed by atoms with Gasteiger partial charge in [-0.1, -0.05) is 23.2 Å². The molecule has 0 aliphatic rings. The van der Waals surface area contributed by atoms with Crippen molar-refractivity contribution < 1.29 is 9.66 Å². The normalized spacial score (nSPS) is 9.85. The van der Waals surface area contributed by atoms with E-state index in [4.69, 9.17) is 33.2 Å². The van der Waals surface area contributed by atoms with Crippen molar-refractivity contribution in [3.8, 4) is 17.6 Å². The summed E-state index contributed by atoms with van der Waals surface area (Å²) in [6.07, 6.45) is 0. The number of hydrogen-bond acceptors (Lipinski definition) is 4. The molecule has 0 fully saturated rings. The number of rotatable bonds is 3. The monoisotopic (exact) mass is 308 g/mol. The Labute approximate surface area is 124 Å². The molecule has 5 nitrogen and oxygen atoms in total. The van der Waals surface area contributed by atoms with E-state index in [0.29, 0.717) is 5.02 Å². The molecule has 2 aromatic carbocycles. The summed E-state index contributed by atoms with van der Waals surface area (Å²) in [5, 5.41) is 20.4. The smallest absolute Gasteiger partial charge is 0.312 e. The van der Waals surface area contributed by atoms with Gasteiger partial charge in [-0.15, -0.1) is 0 Å². The molecule has 0 saturated carbocycles. The molecule has 2 aromatic rings. The molecule has 0 amide bonds. The van der Waals surface area contributed by atoms with Gasteiger partial charge in [0.25, 0.3) is 0 Å². The van der Waals surface area contributed by atoms with Gasteiger partial charge in [0, 0.05) is 11.1 Å². The summed E-state index contributed by atoms with van der Waals surface area (Å²) in [5.74, 6) is 0.238. The Balaban J connectivity index is 2.43. The fraction of sp³-hybridized carbons (Fsp3) is 0. The molecule has 0 aromatic heterocycles. The molecule has 0 aliphatic carbocycles. The Morgan fingerprint density at radius 2 is 1.85 bits per heavy atom. The largest absolute Gasteiger partial charge is 0.449 e. The zero-order chi connectivity index (χ0) is 14.7. The van der Waals surface area contributed by atoms with Gasteiger partial charge in [-0.25, -0.2) is 0 Å². The first-order valence-corrected chi connectivity index (χ1v) is 6.08. The zero-order valence-corrected chi connectivity index (χ0v) is 11.4. The molecule has 20 heavy (non-hydrogen) atoms. The molecule has 0 radical (unpaired) electrons. The summed E-state index contributed by atoms with van der Waals surface area (Å²) in [6, 6.07) is 10.3. The second-order valence-corrected chi connectivity index (χ2v) is 4.57. The van der Waals surface area contributed by atoms with Gasteiger partial charge in [0.15, 0.2) is 0 Å². The third-order valence-corrected chi connectivity index (χ3v) is 2.93. The van der Waals surface area contributed by atoms with Gasteiger partial charge < -0.3 is 4.74 Å². The summed E-state index contributed by atoms with van der Waals surface area (Å²) < 4.78 is 5.41. The van der Waals surface area contributed by atoms with E-state index < -0.39 is 4.92 Å². The minimum absolute atomic E-state index is 0.00165. The minimum atomic E-state index is -0.625. The van der Waals surface area contributed by atoms with Gasteiger partial charge in [-0.3, -0.25) is 10.1 Å². The Bertz CT molecular complexity index is 726. The third-order valence-electron chi connectivity index (χ3n) is 2.40. The van der Waals surface area contributed by atoms with Gasteiger partial charge in [-0.2, -0.15) is 5.26 Å². The van der Waals surface area contributed by atoms with Crippen molar-refractivity contribution in [3.63, 3.8) is 0 Å². The van der Waals surface area contributed by atoms with Gasteiger partial charge >= 0.3 is 5.69 Å². The maximum atomic E-state index is 11.0. The van der Waals surface area contributed by atoms with E-state index in [-0.39, 0.29) is 27.8 Å². The van der Waals surface area contributed by atoms with Crippen molar-refractivity contribution in [2.75, 3.05) is 0 Å². The molecule has 0 heterocycles. The second kappa shape index (κ2) is 5.78. The molecule has 0 atom stereocenters. The van der Waals surface area contributed by atoms with E-state index in [9.17, 15) is 10.1 Å². The lowest BCUT2D eigenvalue weighted by Crippen LogP contribution is -1.94. The minimum Gasteiger partial charge on any atom is -0.449 e. The van der Waals surface area contributed by atoms with Crippen LogP contribution in [0.4, 0.5) is 5.69 Å². The molecule has 0 N–H and O–H groups in total. The van der Waals surface area contributed by atoms with Crippen LogP contribution in [-0.2, 0) is 0 Å². The third kappa shape index (κ3) is 2.99. The van der Waals surface area contributed by atoms with E-state index in [2.05, 4.69) is 0 Å². The molecule has 100 valence electrons. The van der Waals surface area contributed by atoms with E-state index in [1.165, 1.54) is 24.3 Å². The van der Waals surface area contributed by atoms with Crippen molar-refractivity contribution in [3.05, 3.63) is 62.1 Å². The van der Waals surface area contributed by atoms with Gasteiger partial charge in [0.1, 0.15) is 5.75 Å². The molecule has 0 bridgehead atoms. The highest BCUT2D eigenvalue weighted by molar-refractivity contribution is 6.35. The summed E-state index contributed by atoms with van der Waals surface area (Å²) >= 11 is 11.7. The average molecular weight is 309 g/mol. The Kier molecular flexibility index (Phi) is 4.08. The second-order valence-electron chi connectivity index (χ2n) is 3.73. The maximum absolute atomic E-state index is 11.0. The molecule has 7 heteroatoms. The Morgan fingerprint density at radius 1 is 1.15 bits per heavy atom. The van der Waals surface area contributed by atoms with Crippen molar-refractivity contribution >= 4 is 28.9 Å². The van der Waals surface area contributed by atoms with Crippen LogP contribution < -0.4 is 4.74 Å². The summed E-state index contributed by atoms with van der Waals surface area (Å²) in [7, 11) is 0. The van der Waals surface area contributed by atoms with E-state index >= 15 is 0 Å². The molecular weight excluding hydrogens is 303 g/mol. The van der Waals surface area contributed by atoms with Crippen molar-refractivity contribution in [2.24, 2.45) is 0 Å². The standard InChI is InChI=1S/C13H6Cl2N2O3/c14-9-2-4-12(10(15)6-9)20-13-3-1-8(7-16)5-11(13)17(18)19/h1-6H. The van der Waals surface area contributed by atoms with E-state index in [1.54, 1.807) is 6.07 Å². The van der Waals surface area contributed by atoms with Gasteiger partial charge in [-0.05, 0) is 30.3 Å². The number of halogens is 2. The lowest BCUT2D eigenvalue weighted by molar-refractivity contribution is -0.385. The van der Waals surface area contributed by atoms with Crippen LogP contribution in [0.2, 0.25) is 10.0 Å². The summed E-state index contributed by atoms with van der Waals surface area (Å²) in [6.45, 7) is 0. The van der Waals surface area contributed by atoms with Crippen LogP contribution in [0.5, 0.6) is 11.5 Å². The van der Waals surface area contributed by atoms with Crippen LogP contribution in [0.3, 0.4) is 0 Å². The fourth-order valence-corrected chi connectivity index (χ4v) is 1.94.